The summed E-state index contributed by atoms with van der Waals surface area (Å²) in [6, 6.07) is 35.4. The maximum Gasteiger partial charge on any atom is 0.494 e. The van der Waals surface area contributed by atoms with Gasteiger partial charge in [-0.15, -0.1) is 0 Å². The normalized spacial score (nSPS) is 19.0. The lowest BCUT2D eigenvalue weighted by Gasteiger charge is -2.32. The van der Waals surface area contributed by atoms with Crippen molar-refractivity contribution in [2.24, 2.45) is 0 Å². The quantitative estimate of drug-likeness (QED) is 0.175. The maximum absolute atomic E-state index is 6.55. The molecule has 0 radical (unpaired) electrons. The van der Waals surface area contributed by atoms with Crippen molar-refractivity contribution in [3.63, 3.8) is 0 Å². The van der Waals surface area contributed by atoms with E-state index in [0.717, 1.165) is 49.2 Å². The smallest absolute Gasteiger partial charge is 0.399 e. The van der Waals surface area contributed by atoms with Gasteiger partial charge in [-0.3, -0.25) is 0 Å². The van der Waals surface area contributed by atoms with Crippen LogP contribution in [-0.4, -0.2) is 51.6 Å². The molecule has 0 spiro atoms. The topological polar surface area (TPSA) is 75.6 Å². The van der Waals surface area contributed by atoms with Crippen molar-refractivity contribution in [2.75, 3.05) is 0 Å². The van der Waals surface area contributed by atoms with Gasteiger partial charge in [0.05, 0.1) is 22.4 Å². The van der Waals surface area contributed by atoms with Gasteiger partial charge in [-0.2, -0.15) is 0 Å². The zero-order valence-electron chi connectivity index (χ0n) is 29.9. The van der Waals surface area contributed by atoms with Crippen LogP contribution in [0.15, 0.2) is 103 Å². The highest BCUT2D eigenvalue weighted by atomic mass is 16.7. The molecule has 8 rings (SSSR count). The second-order valence-corrected chi connectivity index (χ2v) is 15.5. The molecule has 3 heterocycles. The number of hydrogen-bond donors (Lipinski definition) is 0. The summed E-state index contributed by atoms with van der Waals surface area (Å²) in [5.41, 5.74) is 2.21. The van der Waals surface area contributed by atoms with Gasteiger partial charge in [0.1, 0.15) is 0 Å². The van der Waals surface area contributed by atoms with Crippen LogP contribution in [0.3, 0.4) is 0 Å². The molecule has 6 aromatic rings. The third-order valence-corrected chi connectivity index (χ3v) is 10.9. The zero-order chi connectivity index (χ0) is 35.1. The number of fused-ring (bicyclic) bond motifs is 2. The molecule has 9 heteroatoms. The number of hydrogen-bond acceptors (Lipinski definition) is 7. The number of aromatic nitrogens is 3. The molecule has 7 nitrogen and oxygen atoms in total. The van der Waals surface area contributed by atoms with E-state index in [1.165, 1.54) is 0 Å². The largest absolute Gasteiger partial charge is 0.494 e. The van der Waals surface area contributed by atoms with Crippen LogP contribution in [0, 0.1) is 0 Å². The molecule has 0 saturated carbocycles. The number of benzene rings is 5. The summed E-state index contributed by atoms with van der Waals surface area (Å²) in [7, 11) is -1.22. The number of rotatable bonds is 5. The third kappa shape index (κ3) is 5.72. The van der Waals surface area contributed by atoms with Gasteiger partial charge in [-0.1, -0.05) is 91.0 Å². The monoisotopic (exact) mass is 661 g/mol. The van der Waals surface area contributed by atoms with Crippen LogP contribution >= 0.6 is 0 Å². The van der Waals surface area contributed by atoms with Crippen molar-refractivity contribution in [1.29, 1.82) is 0 Å². The van der Waals surface area contributed by atoms with Crippen LogP contribution < -0.4 is 10.9 Å². The Bertz CT molecular complexity index is 2100. The third-order valence-electron chi connectivity index (χ3n) is 10.9. The summed E-state index contributed by atoms with van der Waals surface area (Å²) in [5.74, 6) is 1.70. The summed E-state index contributed by atoms with van der Waals surface area (Å²) in [6.07, 6.45) is 0. The summed E-state index contributed by atoms with van der Waals surface area (Å²) in [6.45, 7) is 16.5. The lowest BCUT2D eigenvalue weighted by Crippen LogP contribution is -2.41. The van der Waals surface area contributed by atoms with Gasteiger partial charge in [-0.25, -0.2) is 15.0 Å². The second-order valence-electron chi connectivity index (χ2n) is 15.5. The minimum Gasteiger partial charge on any atom is -0.399 e. The van der Waals surface area contributed by atoms with Crippen LogP contribution in [0.4, 0.5) is 0 Å². The first-order valence-corrected chi connectivity index (χ1v) is 17.3. The molecular formula is C41H41B2N3O4. The Balaban J connectivity index is 1.32. The fourth-order valence-electron chi connectivity index (χ4n) is 6.46. The van der Waals surface area contributed by atoms with Crippen LogP contribution in [0.25, 0.3) is 55.7 Å². The van der Waals surface area contributed by atoms with E-state index < -0.39 is 36.6 Å². The van der Waals surface area contributed by atoms with Crippen LogP contribution in [0.2, 0.25) is 0 Å². The zero-order valence-corrected chi connectivity index (χ0v) is 29.9. The van der Waals surface area contributed by atoms with Crippen molar-refractivity contribution in [1.82, 2.24) is 15.0 Å². The van der Waals surface area contributed by atoms with Gasteiger partial charge in [-0.05, 0) is 100.0 Å². The van der Waals surface area contributed by atoms with Gasteiger partial charge in [0.2, 0.25) is 0 Å². The first-order chi connectivity index (χ1) is 23.7. The Morgan fingerprint density at radius 3 is 1.10 bits per heavy atom. The molecule has 2 fully saturated rings. The standard InChI is InChI=1S/C41H41B2N3O4/c1-38(2)39(3,4)48-42(47-38)33-23-32(24-34(25-33)43-49-40(5,6)41(7,8)50-43)37-45-35(30-19-17-26-13-9-11-15-28(26)21-30)44-36(46-37)31-20-18-27-14-10-12-16-29(27)22-31/h9-25H,1-8H3. The highest BCUT2D eigenvalue weighted by molar-refractivity contribution is 6.66. The molecule has 5 aromatic carbocycles. The highest BCUT2D eigenvalue weighted by Crippen LogP contribution is 2.38. The summed E-state index contributed by atoms with van der Waals surface area (Å²) in [4.78, 5) is 15.3. The molecular weight excluding hydrogens is 620 g/mol. The average Bonchev–Trinajstić information content (AvgIpc) is 3.46. The van der Waals surface area contributed by atoms with E-state index >= 15 is 0 Å². The van der Waals surface area contributed by atoms with Crippen molar-refractivity contribution in [2.45, 2.75) is 77.8 Å². The van der Waals surface area contributed by atoms with Gasteiger partial charge in [0, 0.05) is 16.7 Å². The minimum absolute atomic E-state index is 0.516. The Kier molecular flexibility index (Phi) is 7.59. The van der Waals surface area contributed by atoms with E-state index in [1.807, 2.05) is 24.3 Å². The minimum atomic E-state index is -0.608. The van der Waals surface area contributed by atoms with E-state index in [4.69, 9.17) is 33.6 Å². The molecule has 0 bridgehead atoms. The summed E-state index contributed by atoms with van der Waals surface area (Å²) < 4.78 is 26.2. The lowest BCUT2D eigenvalue weighted by molar-refractivity contribution is 0.00578. The molecule has 50 heavy (non-hydrogen) atoms. The second kappa shape index (κ2) is 11.6. The Morgan fingerprint density at radius 2 is 0.720 bits per heavy atom. The summed E-state index contributed by atoms with van der Waals surface area (Å²) >= 11 is 0. The first kappa shape index (κ1) is 32.8. The molecule has 0 amide bonds. The van der Waals surface area contributed by atoms with E-state index in [9.17, 15) is 0 Å². The number of nitrogens with zero attached hydrogens (tertiary/aromatic N) is 3. The molecule has 0 N–H and O–H groups in total. The molecule has 1 aromatic heterocycles. The molecule has 250 valence electrons. The first-order valence-electron chi connectivity index (χ1n) is 17.3. The van der Waals surface area contributed by atoms with Crippen LogP contribution in [-0.2, 0) is 18.6 Å². The molecule has 0 atom stereocenters. The Labute approximate surface area is 294 Å². The van der Waals surface area contributed by atoms with E-state index in [0.29, 0.717) is 17.5 Å². The van der Waals surface area contributed by atoms with Gasteiger partial charge >= 0.3 is 14.2 Å². The van der Waals surface area contributed by atoms with E-state index in [-0.39, 0.29) is 0 Å². The fraction of sp³-hybridized carbons (Fsp3) is 0.293. The van der Waals surface area contributed by atoms with Crippen molar-refractivity contribution in [3.05, 3.63) is 103 Å². The lowest BCUT2D eigenvalue weighted by atomic mass is 9.71. The molecule has 2 aliphatic rings. The van der Waals surface area contributed by atoms with E-state index in [1.54, 1.807) is 0 Å². The van der Waals surface area contributed by atoms with Gasteiger partial charge < -0.3 is 18.6 Å². The van der Waals surface area contributed by atoms with Gasteiger partial charge in [0.25, 0.3) is 0 Å². The molecule has 2 aliphatic heterocycles. The fourth-order valence-corrected chi connectivity index (χ4v) is 6.46. The molecule has 2 saturated heterocycles. The molecule has 0 unspecified atom stereocenters. The average molecular weight is 661 g/mol. The van der Waals surface area contributed by atoms with Crippen molar-refractivity contribution >= 4 is 46.7 Å². The SMILES string of the molecule is CC1(C)OB(c2cc(B3OC(C)(C)C(C)(C)O3)cc(-c3nc(-c4ccc5ccccc5c4)nc(-c4ccc5ccccc5c4)n3)c2)OC1(C)C. The maximum atomic E-state index is 6.55. The summed E-state index contributed by atoms with van der Waals surface area (Å²) in [5, 5.41) is 4.54. The van der Waals surface area contributed by atoms with Gasteiger partial charge in [0.15, 0.2) is 17.5 Å². The predicted molar refractivity (Wildman–Crippen MR) is 203 cm³/mol. The Hall–Kier alpha value is -4.40. The molecule has 0 aliphatic carbocycles. The Morgan fingerprint density at radius 1 is 0.380 bits per heavy atom. The van der Waals surface area contributed by atoms with Crippen LogP contribution in [0.5, 0.6) is 0 Å². The van der Waals surface area contributed by atoms with E-state index in [2.05, 4.69) is 134 Å². The predicted octanol–water partition coefficient (Wildman–Crippen LogP) is 7.78. The van der Waals surface area contributed by atoms with Crippen molar-refractivity contribution < 1.29 is 18.6 Å². The van der Waals surface area contributed by atoms with Crippen LogP contribution in [0.1, 0.15) is 55.4 Å². The van der Waals surface area contributed by atoms with Crippen molar-refractivity contribution in [3.8, 4) is 34.2 Å². The highest BCUT2D eigenvalue weighted by Gasteiger charge is 2.54.